The Balaban J connectivity index is 1.82. The van der Waals surface area contributed by atoms with Crippen LogP contribution < -0.4 is 5.32 Å². The molecular formula is C22H28N2O2. The third-order valence-electron chi connectivity index (χ3n) is 4.54. The molecule has 1 unspecified atom stereocenters. The Hall–Kier alpha value is -2.33. The minimum absolute atomic E-state index is 0.0865. The van der Waals surface area contributed by atoms with Crippen molar-refractivity contribution in [1.82, 2.24) is 10.2 Å². The Bertz CT molecular complexity index is 737. The van der Waals surface area contributed by atoms with Gasteiger partial charge in [0, 0.05) is 19.6 Å². The van der Waals surface area contributed by atoms with E-state index >= 15 is 0 Å². The number of ether oxygens (including phenoxy) is 1. The first-order valence-corrected chi connectivity index (χ1v) is 9.28. The van der Waals surface area contributed by atoms with Crippen LogP contribution in [0, 0.1) is 0 Å². The fourth-order valence-corrected chi connectivity index (χ4v) is 3.36. The van der Waals surface area contributed by atoms with Crippen LogP contribution in [0.15, 0.2) is 54.6 Å². The smallest absolute Gasteiger partial charge is 0.410 e. The standard InChI is InChI=1S/C22H28N2O2/c1-22(2,3)26-21(25)24-14-13-23-16-19(24)15-18-11-7-8-12-20(18)17-9-5-4-6-10-17/h4-12,19,23H,13-16H2,1-3H3. The van der Waals surface area contributed by atoms with Gasteiger partial charge in [0.25, 0.3) is 0 Å². The maximum Gasteiger partial charge on any atom is 0.410 e. The zero-order valence-corrected chi connectivity index (χ0v) is 15.9. The van der Waals surface area contributed by atoms with Crippen molar-refractivity contribution in [2.45, 2.75) is 38.8 Å². The molecule has 26 heavy (non-hydrogen) atoms. The molecule has 0 aromatic heterocycles. The minimum atomic E-state index is -0.478. The first kappa shape index (κ1) is 18.5. The number of piperazine rings is 1. The molecule has 0 radical (unpaired) electrons. The van der Waals surface area contributed by atoms with Crippen molar-refractivity contribution in [3.05, 3.63) is 60.2 Å². The number of amides is 1. The van der Waals surface area contributed by atoms with E-state index in [9.17, 15) is 4.79 Å². The number of carbonyl (C=O) groups is 1. The summed E-state index contributed by atoms with van der Waals surface area (Å²) in [5, 5.41) is 3.41. The number of carbonyl (C=O) groups excluding carboxylic acids is 1. The Morgan fingerprint density at radius 2 is 1.81 bits per heavy atom. The molecule has 1 aliphatic heterocycles. The van der Waals surface area contributed by atoms with Gasteiger partial charge < -0.3 is 15.0 Å². The molecule has 1 heterocycles. The van der Waals surface area contributed by atoms with Crippen molar-refractivity contribution in [2.24, 2.45) is 0 Å². The predicted octanol–water partition coefficient (Wildman–Crippen LogP) is 4.11. The van der Waals surface area contributed by atoms with Gasteiger partial charge in [0.05, 0.1) is 6.04 Å². The van der Waals surface area contributed by atoms with Crippen LogP contribution in [0.2, 0.25) is 0 Å². The lowest BCUT2D eigenvalue weighted by Crippen LogP contribution is -2.55. The van der Waals surface area contributed by atoms with Crippen LogP contribution in [0.3, 0.4) is 0 Å². The molecule has 3 rings (SSSR count). The Morgan fingerprint density at radius 1 is 1.12 bits per heavy atom. The van der Waals surface area contributed by atoms with Crippen molar-refractivity contribution >= 4 is 6.09 Å². The number of rotatable bonds is 3. The van der Waals surface area contributed by atoms with E-state index < -0.39 is 5.60 Å². The Kier molecular flexibility index (Phi) is 5.62. The summed E-state index contributed by atoms with van der Waals surface area (Å²) in [6.45, 7) is 7.98. The highest BCUT2D eigenvalue weighted by Crippen LogP contribution is 2.26. The summed E-state index contributed by atoms with van der Waals surface area (Å²) in [7, 11) is 0. The molecule has 2 aromatic rings. The van der Waals surface area contributed by atoms with Crippen LogP contribution in [0.1, 0.15) is 26.3 Å². The highest BCUT2D eigenvalue weighted by molar-refractivity contribution is 5.70. The molecule has 1 N–H and O–H groups in total. The molecule has 1 fully saturated rings. The highest BCUT2D eigenvalue weighted by atomic mass is 16.6. The van der Waals surface area contributed by atoms with Gasteiger partial charge in [-0.1, -0.05) is 54.6 Å². The average molecular weight is 352 g/mol. The monoisotopic (exact) mass is 352 g/mol. The summed E-state index contributed by atoms with van der Waals surface area (Å²) in [5.74, 6) is 0. The van der Waals surface area contributed by atoms with Gasteiger partial charge in [-0.05, 0) is 43.9 Å². The average Bonchev–Trinajstić information content (AvgIpc) is 2.62. The van der Waals surface area contributed by atoms with E-state index in [2.05, 4.69) is 53.8 Å². The molecule has 1 aliphatic rings. The van der Waals surface area contributed by atoms with E-state index in [1.165, 1.54) is 16.7 Å². The summed E-state index contributed by atoms with van der Waals surface area (Å²) in [4.78, 5) is 14.5. The van der Waals surface area contributed by atoms with Crippen molar-refractivity contribution in [1.29, 1.82) is 0 Å². The van der Waals surface area contributed by atoms with Gasteiger partial charge in [0.1, 0.15) is 5.60 Å². The second-order valence-corrected chi connectivity index (χ2v) is 7.76. The Labute approximate surface area is 156 Å². The molecule has 4 heteroatoms. The largest absolute Gasteiger partial charge is 0.444 e. The maximum absolute atomic E-state index is 12.6. The van der Waals surface area contributed by atoms with E-state index in [1.54, 1.807) is 0 Å². The van der Waals surface area contributed by atoms with Crippen molar-refractivity contribution in [2.75, 3.05) is 19.6 Å². The zero-order valence-electron chi connectivity index (χ0n) is 15.9. The van der Waals surface area contributed by atoms with Gasteiger partial charge in [-0.2, -0.15) is 0 Å². The molecule has 1 saturated heterocycles. The van der Waals surface area contributed by atoms with Crippen LogP contribution in [0.25, 0.3) is 11.1 Å². The van der Waals surface area contributed by atoms with Crippen molar-refractivity contribution in [3.63, 3.8) is 0 Å². The third kappa shape index (κ3) is 4.64. The topological polar surface area (TPSA) is 41.6 Å². The lowest BCUT2D eigenvalue weighted by molar-refractivity contribution is 0.0122. The van der Waals surface area contributed by atoms with E-state index in [0.29, 0.717) is 6.54 Å². The molecule has 1 atom stereocenters. The second kappa shape index (κ2) is 7.92. The number of benzene rings is 2. The number of nitrogens with one attached hydrogen (secondary N) is 1. The van der Waals surface area contributed by atoms with Gasteiger partial charge in [0.15, 0.2) is 0 Å². The fourth-order valence-electron chi connectivity index (χ4n) is 3.36. The zero-order chi connectivity index (χ0) is 18.6. The summed E-state index contributed by atoms with van der Waals surface area (Å²) in [6.07, 6.45) is 0.582. The van der Waals surface area contributed by atoms with Crippen molar-refractivity contribution < 1.29 is 9.53 Å². The number of hydrogen-bond acceptors (Lipinski definition) is 3. The summed E-state index contributed by atoms with van der Waals surface area (Å²) in [6, 6.07) is 18.9. The van der Waals surface area contributed by atoms with Crippen LogP contribution in [0.4, 0.5) is 4.79 Å². The third-order valence-corrected chi connectivity index (χ3v) is 4.54. The summed E-state index contributed by atoms with van der Waals surface area (Å²) in [5.41, 5.74) is 3.20. The summed E-state index contributed by atoms with van der Waals surface area (Å²) < 4.78 is 5.62. The lowest BCUT2D eigenvalue weighted by atomic mass is 9.94. The molecule has 1 amide bonds. The molecule has 4 nitrogen and oxygen atoms in total. The molecule has 0 aliphatic carbocycles. The highest BCUT2D eigenvalue weighted by Gasteiger charge is 2.30. The molecule has 138 valence electrons. The molecular weight excluding hydrogens is 324 g/mol. The maximum atomic E-state index is 12.6. The molecule has 0 saturated carbocycles. The molecule has 2 aromatic carbocycles. The van der Waals surface area contributed by atoms with Gasteiger partial charge in [-0.25, -0.2) is 4.79 Å². The van der Waals surface area contributed by atoms with E-state index in [1.807, 2.05) is 31.7 Å². The van der Waals surface area contributed by atoms with E-state index in [4.69, 9.17) is 4.74 Å². The van der Waals surface area contributed by atoms with Crippen LogP contribution in [-0.4, -0.2) is 42.3 Å². The van der Waals surface area contributed by atoms with Crippen LogP contribution in [-0.2, 0) is 11.2 Å². The van der Waals surface area contributed by atoms with E-state index in [-0.39, 0.29) is 12.1 Å². The van der Waals surface area contributed by atoms with Crippen LogP contribution >= 0.6 is 0 Å². The lowest BCUT2D eigenvalue weighted by Gasteiger charge is -2.37. The first-order valence-electron chi connectivity index (χ1n) is 9.28. The van der Waals surface area contributed by atoms with E-state index in [0.717, 1.165) is 19.5 Å². The van der Waals surface area contributed by atoms with Crippen molar-refractivity contribution in [3.8, 4) is 11.1 Å². The number of hydrogen-bond donors (Lipinski definition) is 1. The minimum Gasteiger partial charge on any atom is -0.444 e. The Morgan fingerprint density at radius 3 is 2.54 bits per heavy atom. The van der Waals surface area contributed by atoms with Gasteiger partial charge >= 0.3 is 6.09 Å². The first-order chi connectivity index (χ1) is 12.4. The second-order valence-electron chi connectivity index (χ2n) is 7.76. The number of nitrogens with zero attached hydrogens (tertiary/aromatic N) is 1. The predicted molar refractivity (Wildman–Crippen MR) is 105 cm³/mol. The molecule has 0 spiro atoms. The normalized spacial score (nSPS) is 17.8. The fraction of sp³-hybridized carbons (Fsp3) is 0.409. The van der Waals surface area contributed by atoms with Gasteiger partial charge in [0.2, 0.25) is 0 Å². The molecule has 0 bridgehead atoms. The van der Waals surface area contributed by atoms with Crippen LogP contribution in [0.5, 0.6) is 0 Å². The van der Waals surface area contributed by atoms with Gasteiger partial charge in [-0.3, -0.25) is 0 Å². The van der Waals surface area contributed by atoms with Gasteiger partial charge in [-0.15, -0.1) is 0 Å². The quantitative estimate of drug-likeness (QED) is 0.904. The SMILES string of the molecule is CC(C)(C)OC(=O)N1CCNCC1Cc1ccccc1-c1ccccc1. The summed E-state index contributed by atoms with van der Waals surface area (Å²) >= 11 is 0.